The molecule has 2 aliphatic rings. The Labute approximate surface area is 195 Å². The Morgan fingerprint density at radius 2 is 2.00 bits per heavy atom. The molecule has 0 spiro atoms. The molecule has 1 aliphatic carbocycles. The van der Waals surface area contributed by atoms with Crippen molar-refractivity contribution in [3.63, 3.8) is 0 Å². The van der Waals surface area contributed by atoms with Gasteiger partial charge in [0.2, 0.25) is 0 Å². The van der Waals surface area contributed by atoms with Crippen molar-refractivity contribution < 1.29 is 14.3 Å². The van der Waals surface area contributed by atoms with Crippen molar-refractivity contribution in [2.75, 3.05) is 7.11 Å². The van der Waals surface area contributed by atoms with Crippen molar-refractivity contribution in [3.8, 4) is 0 Å². The number of benzene rings is 1. The lowest BCUT2D eigenvalue weighted by Crippen LogP contribution is -2.33. The van der Waals surface area contributed by atoms with Crippen molar-refractivity contribution in [1.29, 1.82) is 0 Å². The number of esters is 1. The minimum Gasteiger partial charge on any atom is -0.466 e. The highest BCUT2D eigenvalue weighted by atomic mass is 35.5. The zero-order valence-electron chi connectivity index (χ0n) is 17.7. The fraction of sp³-hybridized carbons (Fsp3) is 0.333. The summed E-state index contributed by atoms with van der Waals surface area (Å²) in [7, 11) is 1.39. The van der Waals surface area contributed by atoms with Crippen molar-refractivity contribution in [1.82, 2.24) is 5.32 Å². The minimum atomic E-state index is -0.386. The largest absolute Gasteiger partial charge is 0.466 e. The van der Waals surface area contributed by atoms with E-state index >= 15 is 0 Å². The van der Waals surface area contributed by atoms with Gasteiger partial charge in [0.15, 0.2) is 5.78 Å². The highest BCUT2D eigenvalue weighted by molar-refractivity contribution is 7.98. The molecule has 0 amide bonds. The number of allylic oxidation sites excluding steroid dienone is 3. The molecule has 1 aromatic heterocycles. The second-order valence-electron chi connectivity index (χ2n) is 7.73. The van der Waals surface area contributed by atoms with Gasteiger partial charge in [0.1, 0.15) is 0 Å². The van der Waals surface area contributed by atoms with Gasteiger partial charge in [-0.15, -0.1) is 23.1 Å². The molecular formula is C24H24ClNO3S2. The van der Waals surface area contributed by atoms with E-state index in [-0.39, 0.29) is 17.7 Å². The van der Waals surface area contributed by atoms with Crippen molar-refractivity contribution in [2.24, 2.45) is 0 Å². The predicted molar refractivity (Wildman–Crippen MR) is 127 cm³/mol. The Morgan fingerprint density at radius 1 is 1.26 bits per heavy atom. The first-order valence-corrected chi connectivity index (χ1v) is 12.4. The van der Waals surface area contributed by atoms with Gasteiger partial charge in [0, 0.05) is 48.8 Å². The van der Waals surface area contributed by atoms with Gasteiger partial charge in [0.25, 0.3) is 0 Å². The molecule has 2 aromatic rings. The molecule has 1 aliphatic heterocycles. The average Bonchev–Trinajstić information content (AvgIpc) is 3.12. The number of halogens is 1. The minimum absolute atomic E-state index is 0.121. The van der Waals surface area contributed by atoms with Crippen LogP contribution >= 0.6 is 34.7 Å². The SMILES string of the molecule is COC(=O)C1=C(C)NC2=C(C(=O)CCC2)C1c1cc(CSc2ccc(Cl)cc2)c(C)s1. The number of aryl methyl sites for hydroxylation is 1. The van der Waals surface area contributed by atoms with Gasteiger partial charge in [-0.2, -0.15) is 0 Å². The van der Waals surface area contributed by atoms with Gasteiger partial charge in [-0.25, -0.2) is 4.79 Å². The summed E-state index contributed by atoms with van der Waals surface area (Å²) in [6.45, 7) is 3.99. The molecule has 31 heavy (non-hydrogen) atoms. The van der Waals surface area contributed by atoms with Crippen LogP contribution in [0.5, 0.6) is 0 Å². The van der Waals surface area contributed by atoms with E-state index in [1.807, 2.05) is 31.2 Å². The molecule has 4 nitrogen and oxygen atoms in total. The monoisotopic (exact) mass is 473 g/mol. The Morgan fingerprint density at radius 3 is 2.71 bits per heavy atom. The van der Waals surface area contributed by atoms with E-state index in [9.17, 15) is 9.59 Å². The number of hydrogen-bond acceptors (Lipinski definition) is 6. The molecule has 0 bridgehead atoms. The lowest BCUT2D eigenvalue weighted by atomic mass is 9.78. The number of dihydropyridines is 1. The third-order valence-corrected chi connectivity index (χ3v) is 8.18. The Kier molecular flexibility index (Phi) is 6.60. The van der Waals surface area contributed by atoms with E-state index in [1.54, 1.807) is 23.1 Å². The van der Waals surface area contributed by atoms with Gasteiger partial charge in [-0.3, -0.25) is 4.79 Å². The van der Waals surface area contributed by atoms with E-state index < -0.39 is 0 Å². The lowest BCUT2D eigenvalue weighted by Gasteiger charge is -2.33. The van der Waals surface area contributed by atoms with E-state index in [0.717, 1.165) is 50.4 Å². The molecule has 0 radical (unpaired) electrons. The molecule has 1 unspecified atom stereocenters. The Bertz CT molecular complexity index is 1100. The van der Waals surface area contributed by atoms with E-state index in [1.165, 1.54) is 17.6 Å². The van der Waals surface area contributed by atoms with Crippen molar-refractivity contribution >= 4 is 46.5 Å². The number of thioether (sulfide) groups is 1. The number of carbonyl (C=O) groups is 2. The quantitative estimate of drug-likeness (QED) is 0.417. The van der Waals surface area contributed by atoms with Crippen LogP contribution in [0, 0.1) is 6.92 Å². The number of carbonyl (C=O) groups excluding carboxylic acids is 2. The number of hydrogen-bond donors (Lipinski definition) is 1. The number of thiophene rings is 1. The van der Waals surface area contributed by atoms with Crippen molar-refractivity contribution in [3.05, 3.63) is 73.2 Å². The Hall–Kier alpha value is -2.02. The molecule has 1 N–H and O–H groups in total. The summed E-state index contributed by atoms with van der Waals surface area (Å²) >= 11 is 9.39. The number of nitrogens with one attached hydrogen (secondary N) is 1. The second-order valence-corrected chi connectivity index (χ2v) is 10.5. The summed E-state index contributed by atoms with van der Waals surface area (Å²) in [5, 5.41) is 4.04. The first kappa shape index (κ1) is 22.2. The van der Waals surface area contributed by atoms with Crippen LogP contribution in [0.1, 0.15) is 47.4 Å². The van der Waals surface area contributed by atoms with Crippen LogP contribution in [-0.4, -0.2) is 18.9 Å². The van der Waals surface area contributed by atoms with Crippen LogP contribution < -0.4 is 5.32 Å². The van der Waals surface area contributed by atoms with Crippen LogP contribution in [0.25, 0.3) is 0 Å². The van der Waals surface area contributed by atoms with Gasteiger partial charge < -0.3 is 10.1 Å². The molecule has 2 heterocycles. The molecular weight excluding hydrogens is 450 g/mol. The van der Waals surface area contributed by atoms with Gasteiger partial charge >= 0.3 is 5.97 Å². The van der Waals surface area contributed by atoms with Gasteiger partial charge in [-0.1, -0.05) is 11.6 Å². The van der Waals surface area contributed by atoms with Crippen LogP contribution in [-0.2, 0) is 20.1 Å². The van der Waals surface area contributed by atoms with Gasteiger partial charge in [-0.05, 0) is 62.6 Å². The molecule has 0 saturated carbocycles. The number of ketones is 1. The molecule has 7 heteroatoms. The summed E-state index contributed by atoms with van der Waals surface area (Å²) < 4.78 is 5.10. The summed E-state index contributed by atoms with van der Waals surface area (Å²) in [4.78, 5) is 29.0. The number of rotatable bonds is 5. The Balaban J connectivity index is 1.69. The van der Waals surface area contributed by atoms with E-state index in [2.05, 4.69) is 18.3 Å². The smallest absolute Gasteiger partial charge is 0.336 e. The summed E-state index contributed by atoms with van der Waals surface area (Å²) in [6.07, 6.45) is 2.19. The maximum absolute atomic E-state index is 12.9. The standard InChI is InChI=1S/C24H24ClNO3S2/c1-13-21(24(28)29-3)23(22-18(26-13)5-4-6-19(22)27)20-11-15(14(2)31-20)12-30-17-9-7-16(25)8-10-17/h7-11,23,26H,4-6,12H2,1-3H3. The first-order chi connectivity index (χ1) is 14.9. The van der Waals surface area contributed by atoms with Crippen LogP contribution in [0.4, 0.5) is 0 Å². The maximum atomic E-state index is 12.9. The maximum Gasteiger partial charge on any atom is 0.336 e. The van der Waals surface area contributed by atoms with Crippen molar-refractivity contribution in [2.45, 2.75) is 49.7 Å². The fourth-order valence-corrected chi connectivity index (χ4v) is 6.51. The van der Waals surface area contributed by atoms with Crippen LogP contribution in [0.15, 0.2) is 57.8 Å². The topological polar surface area (TPSA) is 55.4 Å². The molecule has 0 saturated heterocycles. The van der Waals surface area contributed by atoms with E-state index in [4.69, 9.17) is 16.3 Å². The molecule has 0 fully saturated rings. The van der Waals surface area contributed by atoms with Crippen LogP contribution in [0.3, 0.4) is 0 Å². The summed E-state index contributed by atoms with van der Waals surface area (Å²) in [5.74, 6) is 0.179. The first-order valence-electron chi connectivity index (χ1n) is 10.2. The van der Waals surface area contributed by atoms with Gasteiger partial charge in [0.05, 0.1) is 18.6 Å². The highest BCUT2D eigenvalue weighted by Gasteiger charge is 2.39. The molecule has 4 rings (SSSR count). The van der Waals surface area contributed by atoms with E-state index in [0.29, 0.717) is 12.0 Å². The zero-order valence-corrected chi connectivity index (χ0v) is 20.1. The third kappa shape index (κ3) is 4.47. The third-order valence-electron chi connectivity index (χ3n) is 5.71. The summed E-state index contributed by atoms with van der Waals surface area (Å²) in [6, 6.07) is 9.97. The molecule has 1 atom stereocenters. The van der Waals surface area contributed by atoms with Crippen LogP contribution in [0.2, 0.25) is 5.02 Å². The summed E-state index contributed by atoms with van der Waals surface area (Å²) in [5.41, 5.74) is 4.21. The molecule has 162 valence electrons. The molecule has 1 aromatic carbocycles. The second kappa shape index (κ2) is 9.23. The predicted octanol–water partition coefficient (Wildman–Crippen LogP) is 6.14. The number of methoxy groups -OCH3 is 1. The highest BCUT2D eigenvalue weighted by Crippen LogP contribution is 2.45. The zero-order chi connectivity index (χ0) is 22.1. The average molecular weight is 474 g/mol. The number of ether oxygens (including phenoxy) is 1. The normalized spacial score (nSPS) is 18.7. The lowest BCUT2D eigenvalue weighted by molar-refractivity contribution is -0.136. The fourth-order valence-electron chi connectivity index (χ4n) is 4.17. The number of Topliss-reactive ketones (excluding diaryl/α,β-unsaturated/α-hetero) is 1.